The van der Waals surface area contributed by atoms with Crippen LogP contribution in [0.15, 0.2) is 165 Å². The van der Waals surface area contributed by atoms with Gasteiger partial charge >= 0.3 is 0 Å². The fraction of sp³-hybridized carbons (Fsp3) is 0.0444. The van der Waals surface area contributed by atoms with Crippen LogP contribution in [0.2, 0.25) is 0 Å². The van der Waals surface area contributed by atoms with Crippen LogP contribution in [0, 0.1) is 0 Å². The molecule has 0 amide bonds. The zero-order valence-corrected chi connectivity index (χ0v) is 28.0. The monoisotopic (exact) mass is 673 g/mol. The molecule has 4 heterocycles. The zero-order chi connectivity index (χ0) is 33.5. The summed E-state index contributed by atoms with van der Waals surface area (Å²) in [6.45, 7) is 0. The molecule has 0 saturated carbocycles. The standard InChI is InChI=1S/C45H27N3O2S/c1-2-11-26(12-3-1)43-46-44(27-21-22-32-31-14-6-9-20-39(31)51-40(32)25-27)48-45(47-43)35-23-28(24-38-41(35)34-15-5-8-19-37(34)49-38)29-16-10-17-33-30-13-4-7-18-36(30)50-42(29)33/h1-25,31,39H. The number of hydrogen-bond donors (Lipinski definition) is 0. The average molecular weight is 674 g/mol. The summed E-state index contributed by atoms with van der Waals surface area (Å²) in [6.07, 6.45) is 8.90. The van der Waals surface area contributed by atoms with Crippen LogP contribution in [-0.4, -0.2) is 20.2 Å². The van der Waals surface area contributed by atoms with E-state index in [0.29, 0.717) is 28.6 Å². The van der Waals surface area contributed by atoms with Crippen molar-refractivity contribution in [2.45, 2.75) is 16.1 Å². The summed E-state index contributed by atoms with van der Waals surface area (Å²) >= 11 is 1.91. The second-order valence-electron chi connectivity index (χ2n) is 13.1. The molecule has 5 nitrogen and oxygen atoms in total. The zero-order valence-electron chi connectivity index (χ0n) is 27.2. The second-order valence-corrected chi connectivity index (χ2v) is 14.3. The predicted molar refractivity (Wildman–Crippen MR) is 207 cm³/mol. The lowest BCUT2D eigenvalue weighted by molar-refractivity contribution is 0.668. The molecule has 11 rings (SSSR count). The fourth-order valence-corrected chi connectivity index (χ4v) is 9.06. The van der Waals surface area contributed by atoms with Crippen LogP contribution in [0.3, 0.4) is 0 Å². The summed E-state index contributed by atoms with van der Waals surface area (Å²) in [5.74, 6) is 2.23. The van der Waals surface area contributed by atoms with Gasteiger partial charge in [-0.05, 0) is 41.5 Å². The molecule has 2 atom stereocenters. The van der Waals surface area contributed by atoms with E-state index in [-0.39, 0.29) is 0 Å². The number of allylic oxidation sites excluding steroid dienone is 3. The molecule has 0 N–H and O–H groups in total. The van der Waals surface area contributed by atoms with Crippen molar-refractivity contribution in [1.82, 2.24) is 15.0 Å². The quantitative estimate of drug-likeness (QED) is 0.185. The van der Waals surface area contributed by atoms with E-state index < -0.39 is 0 Å². The Labute approximate surface area is 297 Å². The van der Waals surface area contributed by atoms with Gasteiger partial charge in [-0.25, -0.2) is 15.0 Å². The van der Waals surface area contributed by atoms with E-state index in [0.717, 1.165) is 71.7 Å². The average Bonchev–Trinajstić information content (AvgIpc) is 3.88. The molecule has 6 aromatic carbocycles. The van der Waals surface area contributed by atoms with Gasteiger partial charge in [0.05, 0.1) is 0 Å². The summed E-state index contributed by atoms with van der Waals surface area (Å²) in [7, 11) is 0. The van der Waals surface area contributed by atoms with Crippen molar-refractivity contribution in [3.63, 3.8) is 0 Å². The van der Waals surface area contributed by atoms with E-state index in [4.69, 9.17) is 23.8 Å². The molecule has 3 aromatic heterocycles. The first-order chi connectivity index (χ1) is 25.2. The number of aromatic nitrogens is 3. The molecular formula is C45H27N3O2S. The van der Waals surface area contributed by atoms with Crippen molar-refractivity contribution < 1.29 is 8.83 Å². The number of nitrogens with zero attached hydrogens (tertiary/aromatic N) is 3. The molecule has 0 spiro atoms. The van der Waals surface area contributed by atoms with Crippen LogP contribution in [0.25, 0.3) is 89.2 Å². The van der Waals surface area contributed by atoms with Gasteiger partial charge < -0.3 is 8.83 Å². The topological polar surface area (TPSA) is 65.0 Å². The lowest BCUT2D eigenvalue weighted by Gasteiger charge is -2.14. The predicted octanol–water partition coefficient (Wildman–Crippen LogP) is 12.0. The van der Waals surface area contributed by atoms with Crippen molar-refractivity contribution in [3.8, 4) is 45.3 Å². The summed E-state index contributed by atoms with van der Waals surface area (Å²) in [5, 5.41) is 4.55. The van der Waals surface area contributed by atoms with Crippen molar-refractivity contribution in [2.75, 3.05) is 0 Å². The lowest BCUT2D eigenvalue weighted by atomic mass is 9.92. The van der Waals surface area contributed by atoms with Crippen molar-refractivity contribution in [2.24, 2.45) is 0 Å². The largest absolute Gasteiger partial charge is 0.456 e. The summed E-state index contributed by atoms with van der Waals surface area (Å²) in [4.78, 5) is 16.8. The van der Waals surface area contributed by atoms with Gasteiger partial charge in [0.1, 0.15) is 22.3 Å². The number of fused-ring (bicyclic) bond motifs is 9. The van der Waals surface area contributed by atoms with E-state index in [2.05, 4.69) is 85.0 Å². The van der Waals surface area contributed by atoms with Gasteiger partial charge in [-0.15, -0.1) is 11.8 Å². The molecule has 0 saturated heterocycles. The van der Waals surface area contributed by atoms with Gasteiger partial charge in [0.2, 0.25) is 0 Å². The van der Waals surface area contributed by atoms with E-state index in [1.165, 1.54) is 10.5 Å². The Morgan fingerprint density at radius 2 is 1.22 bits per heavy atom. The van der Waals surface area contributed by atoms with Gasteiger partial charge in [0.25, 0.3) is 0 Å². The normalized spacial score (nSPS) is 16.4. The molecule has 2 unspecified atom stereocenters. The van der Waals surface area contributed by atoms with Gasteiger partial charge in [-0.3, -0.25) is 0 Å². The molecule has 6 heteroatoms. The third-order valence-corrected chi connectivity index (χ3v) is 11.4. The highest BCUT2D eigenvalue weighted by molar-refractivity contribution is 8.00. The molecule has 9 aromatic rings. The molecule has 0 fully saturated rings. The highest BCUT2D eigenvalue weighted by Crippen LogP contribution is 2.49. The van der Waals surface area contributed by atoms with Crippen molar-refractivity contribution in [3.05, 3.63) is 157 Å². The molecule has 2 aliphatic rings. The molecule has 1 aliphatic carbocycles. The van der Waals surface area contributed by atoms with Crippen LogP contribution >= 0.6 is 11.8 Å². The minimum Gasteiger partial charge on any atom is -0.456 e. The Hall–Kier alpha value is -6.24. The molecule has 240 valence electrons. The third kappa shape index (κ3) is 4.53. The Balaban J connectivity index is 1.17. The van der Waals surface area contributed by atoms with E-state index >= 15 is 0 Å². The first kappa shape index (κ1) is 28.6. The van der Waals surface area contributed by atoms with E-state index in [1.807, 2.05) is 78.5 Å². The number of rotatable bonds is 4. The Morgan fingerprint density at radius 3 is 2.10 bits per heavy atom. The van der Waals surface area contributed by atoms with Crippen LogP contribution in [0.5, 0.6) is 0 Å². The third-order valence-electron chi connectivity index (χ3n) is 10.1. The summed E-state index contributed by atoms with van der Waals surface area (Å²) < 4.78 is 13.1. The minimum absolute atomic E-state index is 0.388. The van der Waals surface area contributed by atoms with E-state index in [1.54, 1.807) is 0 Å². The number of furan rings is 2. The number of benzene rings is 6. The van der Waals surface area contributed by atoms with Crippen LogP contribution < -0.4 is 0 Å². The van der Waals surface area contributed by atoms with Gasteiger partial charge in [0, 0.05) is 59.9 Å². The SMILES string of the molecule is C1=CC2Sc3cc(-c4nc(-c5ccccc5)nc(-c5cc(-c6cccc7c6oc6ccccc67)cc6oc7ccccc7c56)n4)ccc3C2C=C1. The van der Waals surface area contributed by atoms with Gasteiger partial charge in [0.15, 0.2) is 17.5 Å². The maximum Gasteiger partial charge on any atom is 0.164 e. The van der Waals surface area contributed by atoms with Crippen LogP contribution in [-0.2, 0) is 0 Å². The molecular weight excluding hydrogens is 647 g/mol. The van der Waals surface area contributed by atoms with Crippen molar-refractivity contribution in [1.29, 1.82) is 0 Å². The minimum atomic E-state index is 0.388. The smallest absolute Gasteiger partial charge is 0.164 e. The lowest BCUT2D eigenvalue weighted by Crippen LogP contribution is -2.06. The van der Waals surface area contributed by atoms with E-state index in [9.17, 15) is 0 Å². The highest BCUT2D eigenvalue weighted by atomic mass is 32.2. The Kier molecular flexibility index (Phi) is 6.24. The molecule has 51 heavy (non-hydrogen) atoms. The summed E-state index contributed by atoms with van der Waals surface area (Å²) in [6, 6.07) is 43.7. The maximum absolute atomic E-state index is 6.56. The molecule has 0 radical (unpaired) electrons. The Morgan fingerprint density at radius 1 is 0.490 bits per heavy atom. The van der Waals surface area contributed by atoms with Crippen molar-refractivity contribution >= 4 is 55.6 Å². The first-order valence-corrected chi connectivity index (χ1v) is 18.0. The summed E-state index contributed by atoms with van der Waals surface area (Å²) in [5.41, 5.74) is 9.32. The van der Waals surface area contributed by atoms with Gasteiger partial charge in [-0.2, -0.15) is 0 Å². The highest BCUT2D eigenvalue weighted by Gasteiger charge is 2.31. The molecule has 0 bridgehead atoms. The first-order valence-electron chi connectivity index (χ1n) is 17.1. The second kappa shape index (κ2) is 11.1. The number of thioether (sulfide) groups is 1. The molecule has 1 aliphatic heterocycles. The van der Waals surface area contributed by atoms with Gasteiger partial charge in [-0.1, -0.05) is 121 Å². The van der Waals surface area contributed by atoms with Crippen LogP contribution in [0.1, 0.15) is 11.5 Å². The fourth-order valence-electron chi connectivity index (χ4n) is 7.68. The number of para-hydroxylation sites is 3. The maximum atomic E-state index is 6.56. The Bertz CT molecular complexity index is 2920. The number of hydrogen-bond acceptors (Lipinski definition) is 6. The van der Waals surface area contributed by atoms with Crippen LogP contribution in [0.4, 0.5) is 0 Å².